The molecule has 110 valence electrons. The molecule has 1 atom stereocenters. The van der Waals surface area contributed by atoms with Crippen molar-refractivity contribution >= 4 is 38.0 Å². The molecule has 1 fully saturated rings. The van der Waals surface area contributed by atoms with Crippen molar-refractivity contribution in [2.75, 3.05) is 13.1 Å². The number of likely N-dealkylation sites (tertiary alicyclic amines) is 1. The number of hydrogen-bond donors (Lipinski definition) is 0. The minimum Gasteiger partial charge on any atom is -0.444 e. The highest BCUT2D eigenvalue weighted by atomic mass is 79.9. The molecule has 0 radical (unpaired) electrons. The lowest BCUT2D eigenvalue weighted by Crippen LogP contribution is -2.35. The molecule has 0 N–H and O–H groups in total. The third kappa shape index (κ3) is 3.98. The van der Waals surface area contributed by atoms with Crippen molar-refractivity contribution in [2.24, 2.45) is 0 Å². The van der Waals surface area contributed by atoms with Crippen molar-refractivity contribution in [2.45, 2.75) is 38.7 Å². The number of carbonyl (C=O) groups excluding carboxylic acids is 1. The van der Waals surface area contributed by atoms with Gasteiger partial charge in [-0.15, -0.1) is 0 Å². The van der Waals surface area contributed by atoms with Crippen LogP contribution in [-0.4, -0.2) is 29.7 Å². The summed E-state index contributed by atoms with van der Waals surface area (Å²) in [4.78, 5) is 13.9. The number of benzene rings is 1. The fourth-order valence-electron chi connectivity index (χ4n) is 2.33. The Balaban J connectivity index is 2.05. The number of hydrogen-bond acceptors (Lipinski definition) is 2. The summed E-state index contributed by atoms with van der Waals surface area (Å²) in [5.74, 6) is 0.356. The minimum absolute atomic E-state index is 0.217. The molecule has 1 saturated heterocycles. The first-order valence-electron chi connectivity index (χ1n) is 6.69. The summed E-state index contributed by atoms with van der Waals surface area (Å²) in [6, 6.07) is 6.16. The first-order valence-corrected chi connectivity index (χ1v) is 8.28. The van der Waals surface area contributed by atoms with Gasteiger partial charge in [0.2, 0.25) is 0 Å². The van der Waals surface area contributed by atoms with Crippen LogP contribution in [0.4, 0.5) is 4.79 Å². The Kier molecular flexibility index (Phi) is 4.80. The largest absolute Gasteiger partial charge is 0.444 e. The van der Waals surface area contributed by atoms with Crippen molar-refractivity contribution in [3.63, 3.8) is 0 Å². The molecule has 1 aromatic carbocycles. The molecule has 3 nitrogen and oxygen atoms in total. The summed E-state index contributed by atoms with van der Waals surface area (Å²) in [6.07, 6.45) is 0.750. The topological polar surface area (TPSA) is 29.5 Å². The van der Waals surface area contributed by atoms with E-state index in [2.05, 4.69) is 37.9 Å². The maximum Gasteiger partial charge on any atom is 0.410 e. The van der Waals surface area contributed by atoms with E-state index in [1.807, 2.05) is 32.9 Å². The Labute approximate surface area is 136 Å². The third-order valence-corrected chi connectivity index (χ3v) is 4.45. The Morgan fingerprint density at radius 1 is 1.35 bits per heavy atom. The molecule has 2 rings (SSSR count). The molecule has 0 aromatic heterocycles. The molecule has 1 amide bonds. The van der Waals surface area contributed by atoms with Gasteiger partial charge in [-0.05, 0) is 51.0 Å². The molecule has 1 aliphatic heterocycles. The van der Waals surface area contributed by atoms with Gasteiger partial charge in [-0.1, -0.05) is 31.9 Å². The van der Waals surface area contributed by atoms with E-state index in [1.54, 1.807) is 4.90 Å². The number of carbonyl (C=O) groups is 1. The van der Waals surface area contributed by atoms with Gasteiger partial charge in [0.05, 0.1) is 0 Å². The second kappa shape index (κ2) is 6.06. The van der Waals surface area contributed by atoms with E-state index >= 15 is 0 Å². The zero-order chi connectivity index (χ0) is 14.9. The lowest BCUT2D eigenvalue weighted by atomic mass is 9.99. The average molecular weight is 405 g/mol. The van der Waals surface area contributed by atoms with Crippen LogP contribution in [0.3, 0.4) is 0 Å². The predicted molar refractivity (Wildman–Crippen MR) is 87.0 cm³/mol. The second-order valence-electron chi connectivity index (χ2n) is 6.08. The van der Waals surface area contributed by atoms with E-state index in [0.717, 1.165) is 21.9 Å². The number of rotatable bonds is 1. The Hall–Kier alpha value is -0.550. The lowest BCUT2D eigenvalue weighted by Gasteiger charge is -2.24. The number of halogens is 2. The van der Waals surface area contributed by atoms with Crippen LogP contribution in [0.25, 0.3) is 0 Å². The van der Waals surface area contributed by atoms with Crippen LogP contribution in [0.2, 0.25) is 0 Å². The van der Waals surface area contributed by atoms with E-state index in [1.165, 1.54) is 5.56 Å². The van der Waals surface area contributed by atoms with E-state index < -0.39 is 5.60 Å². The van der Waals surface area contributed by atoms with E-state index in [0.29, 0.717) is 12.5 Å². The van der Waals surface area contributed by atoms with E-state index in [4.69, 9.17) is 4.74 Å². The lowest BCUT2D eigenvalue weighted by molar-refractivity contribution is 0.0292. The zero-order valence-corrected chi connectivity index (χ0v) is 15.1. The SMILES string of the molecule is CC(C)(C)OC(=O)N1CCC(c2cc(Br)ccc2Br)C1. The fraction of sp³-hybridized carbons (Fsp3) is 0.533. The average Bonchev–Trinajstić information content (AvgIpc) is 2.79. The standard InChI is InChI=1S/C15H19Br2NO2/c1-15(2,3)20-14(19)18-7-6-10(9-18)12-8-11(16)4-5-13(12)17/h4-5,8,10H,6-7,9H2,1-3H3. The quantitative estimate of drug-likeness (QED) is 0.663. The molecular formula is C15H19Br2NO2. The van der Waals surface area contributed by atoms with Gasteiger partial charge in [0, 0.05) is 28.0 Å². The summed E-state index contributed by atoms with van der Waals surface area (Å²) in [7, 11) is 0. The predicted octanol–water partition coefficient (Wildman–Crippen LogP) is 4.94. The summed E-state index contributed by atoms with van der Waals surface area (Å²) >= 11 is 7.09. The highest BCUT2D eigenvalue weighted by Crippen LogP contribution is 2.34. The van der Waals surface area contributed by atoms with Crippen molar-refractivity contribution < 1.29 is 9.53 Å². The molecule has 1 aliphatic rings. The highest BCUT2D eigenvalue weighted by Gasteiger charge is 2.31. The molecule has 0 aliphatic carbocycles. The maximum atomic E-state index is 12.1. The van der Waals surface area contributed by atoms with Crippen molar-refractivity contribution in [3.05, 3.63) is 32.7 Å². The molecule has 0 saturated carbocycles. The van der Waals surface area contributed by atoms with Gasteiger partial charge >= 0.3 is 6.09 Å². The number of ether oxygens (including phenoxy) is 1. The van der Waals surface area contributed by atoms with Crippen molar-refractivity contribution in [3.8, 4) is 0 Å². The Bertz CT molecular complexity index is 511. The van der Waals surface area contributed by atoms with Gasteiger partial charge in [-0.2, -0.15) is 0 Å². The molecule has 5 heteroatoms. The second-order valence-corrected chi connectivity index (χ2v) is 7.85. The van der Waals surface area contributed by atoms with Gasteiger partial charge in [0.25, 0.3) is 0 Å². The van der Waals surface area contributed by atoms with Gasteiger partial charge < -0.3 is 9.64 Å². The molecule has 0 bridgehead atoms. The van der Waals surface area contributed by atoms with Crippen LogP contribution in [0.5, 0.6) is 0 Å². The molecular weight excluding hydrogens is 386 g/mol. The summed E-state index contributed by atoms with van der Waals surface area (Å²) < 4.78 is 7.58. The van der Waals surface area contributed by atoms with Gasteiger partial charge in [0.15, 0.2) is 0 Å². The molecule has 20 heavy (non-hydrogen) atoms. The van der Waals surface area contributed by atoms with Gasteiger partial charge in [-0.25, -0.2) is 4.79 Å². The first kappa shape index (κ1) is 15.8. The normalized spacial score (nSPS) is 19.2. The number of nitrogens with zero attached hydrogens (tertiary/aromatic N) is 1. The van der Waals surface area contributed by atoms with E-state index in [9.17, 15) is 4.79 Å². The smallest absolute Gasteiger partial charge is 0.410 e. The summed E-state index contributed by atoms with van der Waals surface area (Å²) in [6.45, 7) is 7.14. The third-order valence-electron chi connectivity index (χ3n) is 3.24. The minimum atomic E-state index is -0.439. The maximum absolute atomic E-state index is 12.1. The van der Waals surface area contributed by atoms with Gasteiger partial charge in [-0.3, -0.25) is 0 Å². The zero-order valence-electron chi connectivity index (χ0n) is 12.0. The Morgan fingerprint density at radius 3 is 2.70 bits per heavy atom. The van der Waals surface area contributed by atoms with Gasteiger partial charge in [0.1, 0.15) is 5.60 Å². The summed E-state index contributed by atoms with van der Waals surface area (Å²) in [5, 5.41) is 0. The van der Waals surface area contributed by atoms with E-state index in [-0.39, 0.29) is 6.09 Å². The van der Waals surface area contributed by atoms with Crippen LogP contribution in [0.1, 0.15) is 38.7 Å². The van der Waals surface area contributed by atoms with Crippen LogP contribution in [0, 0.1) is 0 Å². The fourth-order valence-corrected chi connectivity index (χ4v) is 3.28. The van der Waals surface area contributed by atoms with Crippen LogP contribution < -0.4 is 0 Å². The van der Waals surface area contributed by atoms with Crippen LogP contribution in [0.15, 0.2) is 27.1 Å². The van der Waals surface area contributed by atoms with Crippen molar-refractivity contribution in [1.29, 1.82) is 0 Å². The monoisotopic (exact) mass is 403 g/mol. The van der Waals surface area contributed by atoms with Crippen molar-refractivity contribution in [1.82, 2.24) is 4.90 Å². The van der Waals surface area contributed by atoms with Crippen LogP contribution >= 0.6 is 31.9 Å². The van der Waals surface area contributed by atoms with Crippen LogP contribution in [-0.2, 0) is 4.74 Å². The molecule has 1 heterocycles. The molecule has 1 aromatic rings. The molecule has 0 spiro atoms. The Morgan fingerprint density at radius 2 is 2.05 bits per heavy atom. The summed E-state index contributed by atoms with van der Waals surface area (Å²) in [5.41, 5.74) is 0.802. The first-order chi connectivity index (χ1) is 9.26. The highest BCUT2D eigenvalue weighted by molar-refractivity contribution is 9.11. The number of amides is 1. The molecule has 1 unspecified atom stereocenters.